The molecule has 3 amide bonds. The molecule has 2 aliphatic rings. The lowest BCUT2D eigenvalue weighted by molar-refractivity contribution is -0.141. The zero-order valence-corrected chi connectivity index (χ0v) is 13.7. The average Bonchev–Trinajstić information content (AvgIpc) is 2.84. The van der Waals surface area contributed by atoms with Gasteiger partial charge in [-0.05, 0) is 18.2 Å². The molecule has 0 aromatic heterocycles. The number of rotatable bonds is 5. The quantitative estimate of drug-likeness (QED) is 0.732. The Morgan fingerprint density at radius 1 is 1.32 bits per heavy atom. The first-order valence-corrected chi connectivity index (χ1v) is 8.78. The number of halogens is 1. The normalized spacial score (nSPS) is 18.3. The minimum absolute atomic E-state index is 0.112. The highest BCUT2D eigenvalue weighted by atomic mass is 32.2. The first kappa shape index (κ1) is 17.3. The smallest absolute Gasteiger partial charge is 0.417 e. The number of nitrogens with zero attached hydrogens (tertiary/aromatic N) is 2. The maximum atomic E-state index is 13.1. The van der Waals surface area contributed by atoms with Crippen LogP contribution in [-0.2, 0) is 24.3 Å². The highest BCUT2D eigenvalue weighted by molar-refractivity contribution is 7.89. The summed E-state index contributed by atoms with van der Waals surface area (Å²) in [6, 6.07) is 3.94. The first-order valence-electron chi connectivity index (χ1n) is 7.30. The van der Waals surface area contributed by atoms with Crippen LogP contribution in [0.25, 0.3) is 0 Å². The number of ether oxygens (including phenoxy) is 1. The Kier molecular flexibility index (Phi) is 4.43. The molecule has 0 aliphatic carbocycles. The average molecular weight is 371 g/mol. The fourth-order valence-electron chi connectivity index (χ4n) is 2.53. The molecule has 0 saturated carbocycles. The van der Waals surface area contributed by atoms with E-state index in [1.54, 1.807) is 0 Å². The summed E-state index contributed by atoms with van der Waals surface area (Å²) in [5.74, 6) is -1.69. The molecule has 1 aromatic carbocycles. The summed E-state index contributed by atoms with van der Waals surface area (Å²) in [4.78, 5) is 36.9. The van der Waals surface area contributed by atoms with Crippen LogP contribution in [0, 0.1) is 5.82 Å². The van der Waals surface area contributed by atoms with Gasteiger partial charge in [-0.2, -0.15) is 0 Å². The number of nitrogens with one attached hydrogen (secondary N) is 1. The number of imide groups is 1. The third-order valence-electron chi connectivity index (χ3n) is 3.88. The van der Waals surface area contributed by atoms with Crippen LogP contribution < -0.4 is 4.72 Å². The number of hydrogen-bond donors (Lipinski definition) is 1. The molecular weight excluding hydrogens is 357 g/mol. The van der Waals surface area contributed by atoms with E-state index in [2.05, 4.69) is 9.46 Å². The summed E-state index contributed by atoms with van der Waals surface area (Å²) in [5.41, 5.74) is 0. The van der Waals surface area contributed by atoms with E-state index in [0.29, 0.717) is 0 Å². The van der Waals surface area contributed by atoms with Crippen molar-refractivity contribution in [2.24, 2.45) is 0 Å². The number of sulfonamides is 1. The van der Waals surface area contributed by atoms with Crippen LogP contribution in [0.2, 0.25) is 0 Å². The van der Waals surface area contributed by atoms with Crippen molar-refractivity contribution in [1.29, 1.82) is 0 Å². The molecule has 25 heavy (non-hydrogen) atoms. The maximum absolute atomic E-state index is 13.1. The van der Waals surface area contributed by atoms with E-state index in [1.807, 2.05) is 0 Å². The molecule has 3 rings (SSSR count). The number of cyclic esters (lactones) is 1. The van der Waals surface area contributed by atoms with Gasteiger partial charge in [-0.25, -0.2) is 27.2 Å². The summed E-state index contributed by atoms with van der Waals surface area (Å²) < 4.78 is 43.8. The number of amides is 3. The predicted octanol–water partition coefficient (Wildman–Crippen LogP) is -0.706. The van der Waals surface area contributed by atoms with E-state index in [1.165, 1.54) is 17.0 Å². The maximum Gasteiger partial charge on any atom is 0.417 e. The standard InChI is InChI=1S/C14H14FN3O6S/c15-9-2-1-3-11(4-9)25(22,23)16-5-12(19)17-6-10(7-17)18-13(20)8-24-14(18)21/h1-4,10,16H,5-8H2. The fraction of sp³-hybridized carbons (Fsp3) is 0.357. The predicted molar refractivity (Wildman–Crippen MR) is 80.2 cm³/mol. The van der Waals surface area contributed by atoms with Crippen LogP contribution in [0.1, 0.15) is 0 Å². The molecule has 1 N–H and O–H groups in total. The topological polar surface area (TPSA) is 113 Å². The van der Waals surface area contributed by atoms with Crippen LogP contribution in [0.5, 0.6) is 0 Å². The molecule has 2 fully saturated rings. The zero-order valence-electron chi connectivity index (χ0n) is 12.8. The van der Waals surface area contributed by atoms with Gasteiger partial charge >= 0.3 is 6.09 Å². The zero-order chi connectivity index (χ0) is 18.2. The number of carbonyl (C=O) groups is 3. The van der Waals surface area contributed by atoms with Crippen LogP contribution in [0.3, 0.4) is 0 Å². The Labute approximate surface area is 142 Å². The second kappa shape index (κ2) is 6.41. The molecule has 0 bridgehead atoms. The largest absolute Gasteiger partial charge is 0.439 e. The summed E-state index contributed by atoms with van der Waals surface area (Å²) >= 11 is 0. The Balaban J connectivity index is 1.52. The minimum atomic E-state index is -4.02. The Hall–Kier alpha value is -2.53. The molecule has 0 unspecified atom stereocenters. The lowest BCUT2D eigenvalue weighted by atomic mass is 10.1. The fourth-order valence-corrected chi connectivity index (χ4v) is 3.53. The van der Waals surface area contributed by atoms with E-state index < -0.39 is 46.3 Å². The molecule has 2 heterocycles. The van der Waals surface area contributed by atoms with E-state index in [-0.39, 0.29) is 24.6 Å². The summed E-state index contributed by atoms with van der Waals surface area (Å²) in [6.45, 7) is -0.594. The van der Waals surface area contributed by atoms with Crippen molar-refractivity contribution in [1.82, 2.24) is 14.5 Å². The van der Waals surface area contributed by atoms with Crippen molar-refractivity contribution < 1.29 is 31.9 Å². The first-order chi connectivity index (χ1) is 11.8. The summed E-state index contributed by atoms with van der Waals surface area (Å²) in [5, 5.41) is 0. The molecular formula is C14H14FN3O6S. The molecule has 134 valence electrons. The van der Waals surface area contributed by atoms with Gasteiger partial charge in [-0.3, -0.25) is 9.59 Å². The lowest BCUT2D eigenvalue weighted by Gasteiger charge is -2.41. The second-order valence-corrected chi connectivity index (χ2v) is 7.32. The number of hydrogen-bond acceptors (Lipinski definition) is 6. The number of benzene rings is 1. The van der Waals surface area contributed by atoms with Crippen LogP contribution in [0.15, 0.2) is 29.2 Å². The Morgan fingerprint density at radius 2 is 2.04 bits per heavy atom. The molecule has 2 saturated heterocycles. The minimum Gasteiger partial charge on any atom is -0.439 e. The summed E-state index contributed by atoms with van der Waals surface area (Å²) in [6.07, 6.45) is -0.742. The van der Waals surface area contributed by atoms with Gasteiger partial charge in [0.2, 0.25) is 15.9 Å². The van der Waals surface area contributed by atoms with Crippen molar-refractivity contribution in [3.05, 3.63) is 30.1 Å². The van der Waals surface area contributed by atoms with Crippen molar-refractivity contribution in [3.8, 4) is 0 Å². The van der Waals surface area contributed by atoms with Gasteiger partial charge in [-0.1, -0.05) is 6.07 Å². The van der Waals surface area contributed by atoms with Gasteiger partial charge in [0.15, 0.2) is 6.61 Å². The molecule has 0 radical (unpaired) electrons. The third-order valence-corrected chi connectivity index (χ3v) is 5.28. The highest BCUT2D eigenvalue weighted by Crippen LogP contribution is 2.19. The van der Waals surface area contributed by atoms with E-state index in [9.17, 15) is 27.2 Å². The molecule has 2 aliphatic heterocycles. The highest BCUT2D eigenvalue weighted by Gasteiger charge is 2.44. The van der Waals surface area contributed by atoms with Gasteiger partial charge in [0, 0.05) is 13.1 Å². The monoisotopic (exact) mass is 371 g/mol. The molecule has 9 nitrogen and oxygen atoms in total. The Morgan fingerprint density at radius 3 is 2.64 bits per heavy atom. The van der Waals surface area contributed by atoms with Crippen molar-refractivity contribution in [2.45, 2.75) is 10.9 Å². The van der Waals surface area contributed by atoms with E-state index >= 15 is 0 Å². The molecule has 0 spiro atoms. The lowest BCUT2D eigenvalue weighted by Crippen LogP contribution is -2.63. The van der Waals surface area contributed by atoms with Crippen molar-refractivity contribution >= 4 is 27.9 Å². The van der Waals surface area contributed by atoms with Gasteiger partial charge in [0.25, 0.3) is 5.91 Å². The van der Waals surface area contributed by atoms with Gasteiger partial charge in [-0.15, -0.1) is 0 Å². The van der Waals surface area contributed by atoms with Crippen molar-refractivity contribution in [2.75, 3.05) is 26.2 Å². The van der Waals surface area contributed by atoms with Crippen molar-refractivity contribution in [3.63, 3.8) is 0 Å². The molecule has 0 atom stereocenters. The molecule has 11 heteroatoms. The summed E-state index contributed by atoms with van der Waals surface area (Å²) in [7, 11) is -4.02. The molecule has 1 aromatic rings. The SMILES string of the molecule is O=C(CNS(=O)(=O)c1cccc(F)c1)N1CC(N2C(=O)COC2=O)C1. The van der Waals surface area contributed by atoms with Gasteiger partial charge < -0.3 is 9.64 Å². The van der Waals surface area contributed by atoms with Gasteiger partial charge in [0.1, 0.15) is 5.82 Å². The Bertz CT molecular complexity index is 821. The number of likely N-dealkylation sites (tertiary alicyclic amines) is 1. The second-order valence-electron chi connectivity index (χ2n) is 5.55. The van der Waals surface area contributed by atoms with Crippen LogP contribution in [-0.4, -0.2) is 68.4 Å². The number of carbonyl (C=O) groups excluding carboxylic acids is 3. The third kappa shape index (κ3) is 3.46. The van der Waals surface area contributed by atoms with Crippen LogP contribution in [0.4, 0.5) is 9.18 Å². The van der Waals surface area contributed by atoms with Gasteiger partial charge in [0.05, 0.1) is 17.5 Å². The van der Waals surface area contributed by atoms with E-state index in [4.69, 9.17) is 0 Å². The van der Waals surface area contributed by atoms with Crippen LogP contribution >= 0.6 is 0 Å². The van der Waals surface area contributed by atoms with E-state index in [0.717, 1.165) is 17.0 Å².